The number of ether oxygens (including phenoxy) is 1. The Morgan fingerprint density at radius 2 is 2.00 bits per heavy atom. The Kier molecular flexibility index (Phi) is 6.02. The number of halogens is 1. The fraction of sp³-hybridized carbons (Fsp3) is 0.154. The van der Waals surface area contributed by atoms with Crippen molar-refractivity contribution in [2.24, 2.45) is 0 Å². The molecule has 1 aliphatic heterocycles. The third-order valence-corrected chi connectivity index (χ3v) is 7.47. The highest BCUT2D eigenvalue weighted by Gasteiger charge is 2.43. The van der Waals surface area contributed by atoms with Crippen molar-refractivity contribution in [3.63, 3.8) is 0 Å². The molecule has 5 rings (SSSR count). The number of aromatic amines is 1. The van der Waals surface area contributed by atoms with E-state index in [-0.39, 0.29) is 11.4 Å². The SMILES string of the molecule is COc1ccc2[nH]cc(CCN3C(=O)C(O)=C(C(=O)c4cccs4)[C@H]3c3ccc(Br)cc3)c2c1. The normalized spacial score (nSPS) is 16.0. The predicted molar refractivity (Wildman–Crippen MR) is 135 cm³/mol. The van der Waals surface area contributed by atoms with E-state index in [9.17, 15) is 14.7 Å². The maximum atomic E-state index is 13.3. The number of amides is 1. The minimum Gasteiger partial charge on any atom is -0.503 e. The van der Waals surface area contributed by atoms with Crippen LogP contribution in [-0.4, -0.2) is 40.3 Å². The van der Waals surface area contributed by atoms with E-state index in [2.05, 4.69) is 20.9 Å². The first-order chi connectivity index (χ1) is 16.5. The third-order valence-electron chi connectivity index (χ3n) is 6.08. The van der Waals surface area contributed by atoms with Gasteiger partial charge in [0.05, 0.1) is 23.6 Å². The Balaban J connectivity index is 1.50. The number of carbonyl (C=O) groups is 2. The van der Waals surface area contributed by atoms with Crippen molar-refractivity contribution in [2.75, 3.05) is 13.7 Å². The van der Waals surface area contributed by atoms with E-state index in [0.717, 1.165) is 32.3 Å². The van der Waals surface area contributed by atoms with Crippen molar-refractivity contribution in [3.05, 3.63) is 98.0 Å². The number of fused-ring (bicyclic) bond motifs is 1. The second kappa shape index (κ2) is 9.12. The van der Waals surface area contributed by atoms with Crippen LogP contribution >= 0.6 is 27.3 Å². The quantitative estimate of drug-likeness (QED) is 0.291. The molecule has 2 aromatic heterocycles. The Morgan fingerprint density at radius 1 is 1.21 bits per heavy atom. The van der Waals surface area contributed by atoms with E-state index >= 15 is 0 Å². The number of methoxy groups -OCH3 is 1. The van der Waals surface area contributed by atoms with Gasteiger partial charge < -0.3 is 19.7 Å². The number of aliphatic hydroxyl groups excluding tert-OH is 1. The molecular weight excluding hydrogens is 516 g/mol. The lowest BCUT2D eigenvalue weighted by atomic mass is 9.95. The van der Waals surface area contributed by atoms with E-state index in [1.807, 2.05) is 48.7 Å². The van der Waals surface area contributed by atoms with Crippen LogP contribution in [0.2, 0.25) is 0 Å². The van der Waals surface area contributed by atoms with Crippen molar-refractivity contribution < 1.29 is 19.4 Å². The predicted octanol–water partition coefficient (Wildman–Crippen LogP) is 5.82. The van der Waals surface area contributed by atoms with Gasteiger partial charge in [0.25, 0.3) is 5.91 Å². The average Bonchev–Trinajstić information content (AvgIpc) is 3.58. The zero-order valence-electron chi connectivity index (χ0n) is 18.2. The summed E-state index contributed by atoms with van der Waals surface area (Å²) in [5, 5.41) is 13.6. The van der Waals surface area contributed by atoms with Gasteiger partial charge in [-0.1, -0.05) is 34.1 Å². The van der Waals surface area contributed by atoms with Crippen LogP contribution in [0.25, 0.3) is 10.9 Å². The third kappa shape index (κ3) is 3.93. The van der Waals surface area contributed by atoms with Gasteiger partial charge in [0.2, 0.25) is 5.78 Å². The molecule has 0 bridgehead atoms. The highest BCUT2D eigenvalue weighted by atomic mass is 79.9. The van der Waals surface area contributed by atoms with Crippen molar-refractivity contribution in [3.8, 4) is 5.75 Å². The number of hydrogen-bond acceptors (Lipinski definition) is 5. The van der Waals surface area contributed by atoms with Crippen LogP contribution in [0.15, 0.2) is 82.0 Å². The number of aliphatic hydroxyl groups is 1. The molecule has 0 saturated carbocycles. The molecule has 3 heterocycles. The lowest BCUT2D eigenvalue weighted by molar-refractivity contribution is -0.129. The van der Waals surface area contributed by atoms with Crippen molar-refractivity contribution in [1.82, 2.24) is 9.88 Å². The first kappa shape index (κ1) is 22.4. The molecule has 34 heavy (non-hydrogen) atoms. The molecule has 4 aromatic rings. The molecule has 8 heteroatoms. The van der Waals surface area contributed by atoms with E-state index in [4.69, 9.17) is 4.74 Å². The second-order valence-corrected chi connectivity index (χ2v) is 9.86. The summed E-state index contributed by atoms with van der Waals surface area (Å²) in [7, 11) is 1.62. The monoisotopic (exact) mass is 536 g/mol. The number of carbonyl (C=O) groups excluding carboxylic acids is 2. The molecule has 0 saturated heterocycles. The number of nitrogens with zero attached hydrogens (tertiary/aromatic N) is 1. The number of H-pyrrole nitrogens is 1. The molecule has 0 fully saturated rings. The van der Waals surface area contributed by atoms with Crippen molar-refractivity contribution in [1.29, 1.82) is 0 Å². The maximum Gasteiger partial charge on any atom is 0.290 e. The molecule has 6 nitrogen and oxygen atoms in total. The zero-order chi connectivity index (χ0) is 23.8. The molecule has 1 amide bonds. The largest absolute Gasteiger partial charge is 0.503 e. The van der Waals surface area contributed by atoms with Crippen molar-refractivity contribution in [2.45, 2.75) is 12.5 Å². The Hall–Kier alpha value is -3.36. The lowest BCUT2D eigenvalue weighted by Crippen LogP contribution is -2.33. The van der Waals surface area contributed by atoms with Crippen LogP contribution < -0.4 is 4.74 Å². The minimum atomic E-state index is -0.671. The van der Waals surface area contributed by atoms with Gasteiger partial charge in [-0.3, -0.25) is 9.59 Å². The Bertz CT molecular complexity index is 1410. The van der Waals surface area contributed by atoms with Gasteiger partial charge in [-0.25, -0.2) is 0 Å². The summed E-state index contributed by atoms with van der Waals surface area (Å²) < 4.78 is 6.25. The molecule has 172 valence electrons. The van der Waals surface area contributed by atoms with Gasteiger partial charge in [0.1, 0.15) is 5.75 Å². The highest BCUT2D eigenvalue weighted by molar-refractivity contribution is 9.10. The molecule has 1 aliphatic rings. The van der Waals surface area contributed by atoms with Gasteiger partial charge in [0.15, 0.2) is 5.76 Å². The number of aromatic nitrogens is 1. The molecule has 0 radical (unpaired) electrons. The Morgan fingerprint density at radius 3 is 2.71 bits per heavy atom. The highest BCUT2D eigenvalue weighted by Crippen LogP contribution is 2.40. The minimum absolute atomic E-state index is 0.121. The molecule has 0 aliphatic carbocycles. The van der Waals surface area contributed by atoms with Gasteiger partial charge >= 0.3 is 0 Å². The number of benzene rings is 2. The standard InChI is InChI=1S/C26H21BrN2O4S/c1-33-18-8-9-20-19(13-18)16(14-28-20)10-11-29-23(15-4-6-17(27)7-5-15)22(25(31)26(29)32)24(30)21-3-2-12-34-21/h2-9,12-14,23,28,31H,10-11H2,1H3/t23-/m1/s1. The molecular formula is C26H21BrN2O4S. The fourth-order valence-electron chi connectivity index (χ4n) is 4.38. The van der Waals surface area contributed by atoms with Crippen molar-refractivity contribution >= 4 is 49.9 Å². The second-order valence-electron chi connectivity index (χ2n) is 8.00. The number of rotatable bonds is 7. The van der Waals surface area contributed by atoms with Crippen LogP contribution in [0.4, 0.5) is 0 Å². The summed E-state index contributed by atoms with van der Waals surface area (Å²) in [6, 6.07) is 16.1. The number of ketones is 1. The van der Waals surface area contributed by atoms with Crippen LogP contribution in [0, 0.1) is 0 Å². The van der Waals surface area contributed by atoms with Crippen LogP contribution in [0.1, 0.15) is 26.8 Å². The summed E-state index contributed by atoms with van der Waals surface area (Å²) in [6.07, 6.45) is 2.46. The summed E-state index contributed by atoms with van der Waals surface area (Å²) in [4.78, 5) is 31.8. The number of nitrogens with one attached hydrogen (secondary N) is 1. The molecule has 2 aromatic carbocycles. The smallest absolute Gasteiger partial charge is 0.290 e. The van der Waals surface area contributed by atoms with Gasteiger partial charge in [-0.2, -0.15) is 0 Å². The summed E-state index contributed by atoms with van der Waals surface area (Å²) >= 11 is 4.73. The zero-order valence-corrected chi connectivity index (χ0v) is 20.7. The summed E-state index contributed by atoms with van der Waals surface area (Å²) in [5.74, 6) is -0.591. The lowest BCUT2D eigenvalue weighted by Gasteiger charge is -2.27. The molecule has 0 unspecified atom stereocenters. The molecule has 1 atom stereocenters. The van der Waals surface area contributed by atoms with E-state index in [1.54, 1.807) is 29.5 Å². The van der Waals surface area contributed by atoms with Crippen LogP contribution in [0.3, 0.4) is 0 Å². The first-order valence-corrected chi connectivity index (χ1v) is 12.4. The molecule has 2 N–H and O–H groups in total. The van der Waals surface area contributed by atoms with Gasteiger partial charge in [-0.05, 0) is 59.3 Å². The summed E-state index contributed by atoms with van der Waals surface area (Å²) in [6.45, 7) is 0.328. The Labute approximate surface area is 208 Å². The van der Waals surface area contributed by atoms with E-state index < -0.39 is 17.7 Å². The fourth-order valence-corrected chi connectivity index (χ4v) is 5.32. The first-order valence-electron chi connectivity index (χ1n) is 10.7. The maximum absolute atomic E-state index is 13.3. The van der Waals surface area contributed by atoms with Gasteiger partial charge in [0, 0.05) is 28.1 Å². The van der Waals surface area contributed by atoms with Crippen LogP contribution in [-0.2, 0) is 11.2 Å². The van der Waals surface area contributed by atoms with E-state index in [0.29, 0.717) is 17.8 Å². The summed E-state index contributed by atoms with van der Waals surface area (Å²) in [5.41, 5.74) is 2.88. The van der Waals surface area contributed by atoms with Crippen LogP contribution in [0.5, 0.6) is 5.75 Å². The van der Waals surface area contributed by atoms with Gasteiger partial charge in [-0.15, -0.1) is 11.3 Å². The molecule has 0 spiro atoms. The number of thiophene rings is 1. The topological polar surface area (TPSA) is 82.6 Å². The number of hydrogen-bond donors (Lipinski definition) is 2. The number of Topliss-reactive ketones (excluding diaryl/α,β-unsaturated/α-hetero) is 1. The average molecular weight is 537 g/mol. The van der Waals surface area contributed by atoms with E-state index in [1.165, 1.54) is 11.3 Å².